The molecule has 0 bridgehead atoms. The van der Waals surface area contributed by atoms with E-state index < -0.39 is 0 Å². The van der Waals surface area contributed by atoms with Crippen molar-refractivity contribution in [1.29, 1.82) is 0 Å². The fourth-order valence-electron chi connectivity index (χ4n) is 2.08. The summed E-state index contributed by atoms with van der Waals surface area (Å²) in [6.45, 7) is 7.00. The van der Waals surface area contributed by atoms with Gasteiger partial charge in [-0.15, -0.1) is 0 Å². The lowest BCUT2D eigenvalue weighted by Crippen LogP contribution is -2.06. The Kier molecular flexibility index (Phi) is 5.14. The average molecular weight is 351 g/mol. The van der Waals surface area contributed by atoms with Gasteiger partial charge in [-0.1, -0.05) is 15.9 Å². The SMILES string of the molecule is CCOCc1nc(N)cc(Nc2c(C)cc(Br)cc2C)n1. The van der Waals surface area contributed by atoms with E-state index in [0.29, 0.717) is 30.7 Å². The van der Waals surface area contributed by atoms with Gasteiger partial charge in [-0.25, -0.2) is 9.97 Å². The monoisotopic (exact) mass is 350 g/mol. The fourth-order valence-corrected chi connectivity index (χ4v) is 2.76. The van der Waals surface area contributed by atoms with Crippen molar-refractivity contribution in [2.24, 2.45) is 0 Å². The van der Waals surface area contributed by atoms with Crippen molar-refractivity contribution in [1.82, 2.24) is 9.97 Å². The van der Waals surface area contributed by atoms with Gasteiger partial charge in [0.15, 0.2) is 5.82 Å². The molecule has 0 atom stereocenters. The average Bonchev–Trinajstić information content (AvgIpc) is 2.40. The summed E-state index contributed by atoms with van der Waals surface area (Å²) < 4.78 is 6.39. The van der Waals surface area contributed by atoms with Gasteiger partial charge in [-0.3, -0.25) is 0 Å². The molecule has 6 heteroatoms. The van der Waals surface area contributed by atoms with Gasteiger partial charge in [-0.2, -0.15) is 0 Å². The number of nitrogens with zero attached hydrogens (tertiary/aromatic N) is 2. The van der Waals surface area contributed by atoms with Crippen LogP contribution < -0.4 is 11.1 Å². The molecule has 0 saturated carbocycles. The summed E-state index contributed by atoms with van der Waals surface area (Å²) in [5.41, 5.74) is 9.12. The van der Waals surface area contributed by atoms with Crippen molar-refractivity contribution in [3.05, 3.63) is 39.6 Å². The number of anilines is 3. The minimum absolute atomic E-state index is 0.356. The maximum atomic E-state index is 5.83. The van der Waals surface area contributed by atoms with Crippen molar-refractivity contribution in [2.45, 2.75) is 27.4 Å². The number of nitrogens with two attached hydrogens (primary N) is 1. The van der Waals surface area contributed by atoms with E-state index in [-0.39, 0.29) is 0 Å². The summed E-state index contributed by atoms with van der Waals surface area (Å²) in [6.07, 6.45) is 0. The van der Waals surface area contributed by atoms with Crippen molar-refractivity contribution < 1.29 is 4.74 Å². The zero-order valence-corrected chi connectivity index (χ0v) is 14.0. The lowest BCUT2D eigenvalue weighted by Gasteiger charge is -2.14. The summed E-state index contributed by atoms with van der Waals surface area (Å²) in [4.78, 5) is 8.60. The second kappa shape index (κ2) is 6.87. The molecule has 0 spiro atoms. The Morgan fingerprint density at radius 2 is 1.86 bits per heavy atom. The third kappa shape index (κ3) is 4.15. The number of ether oxygens (including phenoxy) is 1. The Hall–Kier alpha value is -1.66. The van der Waals surface area contributed by atoms with Crippen LogP contribution in [0.4, 0.5) is 17.3 Å². The lowest BCUT2D eigenvalue weighted by molar-refractivity contribution is 0.128. The summed E-state index contributed by atoms with van der Waals surface area (Å²) in [5, 5.41) is 3.32. The van der Waals surface area contributed by atoms with Crippen molar-refractivity contribution in [3.8, 4) is 0 Å². The predicted octanol–water partition coefficient (Wildman–Crippen LogP) is 3.72. The molecule has 112 valence electrons. The number of nitrogen functional groups attached to an aromatic ring is 1. The normalized spacial score (nSPS) is 10.7. The van der Waals surface area contributed by atoms with Gasteiger partial charge in [0.05, 0.1) is 0 Å². The molecular formula is C15H19BrN4O. The molecule has 3 N–H and O–H groups in total. The number of hydrogen-bond donors (Lipinski definition) is 2. The third-order valence-corrected chi connectivity index (χ3v) is 3.44. The zero-order chi connectivity index (χ0) is 15.4. The zero-order valence-electron chi connectivity index (χ0n) is 12.4. The number of aryl methyl sites for hydroxylation is 2. The van der Waals surface area contributed by atoms with Crippen molar-refractivity contribution in [2.75, 3.05) is 17.7 Å². The highest BCUT2D eigenvalue weighted by Crippen LogP contribution is 2.27. The van der Waals surface area contributed by atoms with Crippen LogP contribution in [0.25, 0.3) is 0 Å². The van der Waals surface area contributed by atoms with E-state index in [2.05, 4.69) is 43.3 Å². The predicted molar refractivity (Wildman–Crippen MR) is 88.7 cm³/mol. The number of halogens is 1. The molecule has 0 aliphatic carbocycles. The van der Waals surface area contributed by atoms with Gasteiger partial charge in [0, 0.05) is 22.8 Å². The molecule has 1 aromatic carbocycles. The van der Waals surface area contributed by atoms with E-state index in [4.69, 9.17) is 10.5 Å². The molecular weight excluding hydrogens is 332 g/mol. The lowest BCUT2D eigenvalue weighted by atomic mass is 10.1. The van der Waals surface area contributed by atoms with Crippen LogP contribution in [-0.4, -0.2) is 16.6 Å². The van der Waals surface area contributed by atoms with E-state index in [0.717, 1.165) is 21.3 Å². The minimum atomic E-state index is 0.356. The Balaban J connectivity index is 2.29. The molecule has 0 amide bonds. The first-order chi connectivity index (χ1) is 9.99. The van der Waals surface area contributed by atoms with Gasteiger partial charge < -0.3 is 15.8 Å². The molecule has 0 fully saturated rings. The summed E-state index contributed by atoms with van der Waals surface area (Å²) in [5.74, 6) is 1.67. The molecule has 2 rings (SSSR count). The Bertz CT molecular complexity index is 623. The number of benzene rings is 1. The molecule has 5 nitrogen and oxygen atoms in total. The third-order valence-electron chi connectivity index (χ3n) is 2.98. The molecule has 2 aromatic rings. The van der Waals surface area contributed by atoms with Crippen LogP contribution in [0.2, 0.25) is 0 Å². The highest BCUT2D eigenvalue weighted by atomic mass is 79.9. The molecule has 1 aromatic heterocycles. The summed E-state index contributed by atoms with van der Waals surface area (Å²) >= 11 is 3.49. The molecule has 0 saturated heterocycles. The second-order valence-corrected chi connectivity index (χ2v) is 5.69. The standard InChI is InChI=1S/C15H19BrN4O/c1-4-21-8-14-18-12(17)7-13(19-14)20-15-9(2)5-11(16)6-10(15)3/h5-7H,4,8H2,1-3H3,(H3,17,18,19,20). The van der Waals surface area contributed by atoms with Gasteiger partial charge >= 0.3 is 0 Å². The van der Waals surface area contributed by atoms with Gasteiger partial charge in [0.25, 0.3) is 0 Å². The van der Waals surface area contributed by atoms with E-state index >= 15 is 0 Å². The van der Waals surface area contributed by atoms with Crippen LogP contribution in [0.5, 0.6) is 0 Å². The van der Waals surface area contributed by atoms with E-state index in [1.54, 1.807) is 6.07 Å². The largest absolute Gasteiger partial charge is 0.384 e. The Morgan fingerprint density at radius 1 is 1.19 bits per heavy atom. The topological polar surface area (TPSA) is 73.1 Å². The molecule has 0 unspecified atom stereocenters. The van der Waals surface area contributed by atoms with Crippen LogP contribution in [0.15, 0.2) is 22.7 Å². The number of nitrogens with one attached hydrogen (secondary N) is 1. The van der Waals surface area contributed by atoms with E-state index in [1.165, 1.54) is 0 Å². The van der Waals surface area contributed by atoms with Crippen LogP contribution >= 0.6 is 15.9 Å². The summed E-state index contributed by atoms with van der Waals surface area (Å²) in [7, 11) is 0. The Labute approximate surface area is 133 Å². The highest BCUT2D eigenvalue weighted by molar-refractivity contribution is 9.10. The second-order valence-electron chi connectivity index (χ2n) is 4.77. The van der Waals surface area contributed by atoms with Crippen LogP contribution in [0.3, 0.4) is 0 Å². The van der Waals surface area contributed by atoms with E-state index in [9.17, 15) is 0 Å². The number of hydrogen-bond acceptors (Lipinski definition) is 5. The first kappa shape index (κ1) is 15.7. The maximum absolute atomic E-state index is 5.83. The van der Waals surface area contributed by atoms with Crippen LogP contribution in [-0.2, 0) is 11.3 Å². The molecule has 0 aliphatic heterocycles. The van der Waals surface area contributed by atoms with Gasteiger partial charge in [0.2, 0.25) is 0 Å². The molecule has 21 heavy (non-hydrogen) atoms. The van der Waals surface area contributed by atoms with Gasteiger partial charge in [0.1, 0.15) is 18.2 Å². The molecule has 1 heterocycles. The minimum Gasteiger partial charge on any atom is -0.384 e. The smallest absolute Gasteiger partial charge is 0.158 e. The van der Waals surface area contributed by atoms with Crippen LogP contribution in [0, 0.1) is 13.8 Å². The first-order valence-electron chi connectivity index (χ1n) is 6.74. The van der Waals surface area contributed by atoms with Gasteiger partial charge in [-0.05, 0) is 44.0 Å². The van der Waals surface area contributed by atoms with E-state index in [1.807, 2.05) is 20.8 Å². The Morgan fingerprint density at radius 3 is 2.48 bits per heavy atom. The molecule has 0 radical (unpaired) electrons. The fraction of sp³-hybridized carbons (Fsp3) is 0.333. The van der Waals surface area contributed by atoms with Crippen molar-refractivity contribution in [3.63, 3.8) is 0 Å². The maximum Gasteiger partial charge on any atom is 0.158 e. The quantitative estimate of drug-likeness (QED) is 0.859. The highest BCUT2D eigenvalue weighted by Gasteiger charge is 2.08. The number of rotatable bonds is 5. The van der Waals surface area contributed by atoms with Crippen LogP contribution in [0.1, 0.15) is 23.9 Å². The molecule has 0 aliphatic rings. The number of aromatic nitrogens is 2. The first-order valence-corrected chi connectivity index (χ1v) is 7.54. The summed E-state index contributed by atoms with van der Waals surface area (Å²) in [6, 6.07) is 5.83. The van der Waals surface area contributed by atoms with Crippen molar-refractivity contribution >= 4 is 33.3 Å².